The molecule has 0 bridgehead atoms. The quantitative estimate of drug-likeness (QED) is 0.274. The maximum absolute atomic E-state index is 12.8. The number of Topliss-reactive ketones (excluding diaryl/α,β-unsaturated/α-hetero) is 1. The first-order valence-electron chi connectivity index (χ1n) is 10.8. The zero-order valence-corrected chi connectivity index (χ0v) is 19.2. The van der Waals surface area contributed by atoms with E-state index in [2.05, 4.69) is 25.6 Å². The zero-order valence-electron chi connectivity index (χ0n) is 18.3. The van der Waals surface area contributed by atoms with Crippen LogP contribution >= 0.6 is 11.3 Å². The second-order valence-corrected chi connectivity index (χ2v) is 8.76. The van der Waals surface area contributed by atoms with Gasteiger partial charge in [0, 0.05) is 41.3 Å². The molecule has 0 spiro atoms. The molecule has 4 rings (SSSR count). The van der Waals surface area contributed by atoms with Crippen molar-refractivity contribution in [3.8, 4) is 10.8 Å². The summed E-state index contributed by atoms with van der Waals surface area (Å²) < 4.78 is 7.43. The van der Waals surface area contributed by atoms with Crippen LogP contribution < -0.4 is 0 Å². The number of carbonyl (C=O) groups is 2. The molecule has 0 aliphatic heterocycles. The van der Waals surface area contributed by atoms with Crippen molar-refractivity contribution in [3.63, 3.8) is 0 Å². The fourth-order valence-corrected chi connectivity index (χ4v) is 4.71. The number of esters is 1. The third kappa shape index (κ3) is 5.02. The molecule has 3 aromatic rings. The lowest BCUT2D eigenvalue weighted by Gasteiger charge is -2.15. The molecule has 32 heavy (non-hydrogen) atoms. The Hall–Kier alpha value is -3.13. The van der Waals surface area contributed by atoms with Gasteiger partial charge in [0.2, 0.25) is 5.78 Å². The molecule has 0 N–H and O–H groups in total. The number of hydrogen-bond acceptors (Lipinski definition) is 7. The van der Waals surface area contributed by atoms with Gasteiger partial charge in [-0.25, -0.2) is 19.7 Å². The van der Waals surface area contributed by atoms with Crippen LogP contribution in [0.1, 0.15) is 64.3 Å². The fourth-order valence-electron chi connectivity index (χ4n) is 3.98. The van der Waals surface area contributed by atoms with Crippen LogP contribution in [-0.4, -0.2) is 37.9 Å². The van der Waals surface area contributed by atoms with E-state index in [-0.39, 0.29) is 18.1 Å². The number of nitrogens with zero attached hydrogens (tertiary/aromatic N) is 4. The van der Waals surface area contributed by atoms with Gasteiger partial charge in [-0.1, -0.05) is 11.6 Å². The lowest BCUT2D eigenvalue weighted by atomic mass is 9.97. The third-order valence-corrected chi connectivity index (χ3v) is 6.56. The molecule has 0 radical (unpaired) electrons. The minimum Gasteiger partial charge on any atom is -0.453 e. The van der Waals surface area contributed by atoms with Crippen LogP contribution in [0.5, 0.6) is 0 Å². The van der Waals surface area contributed by atoms with Gasteiger partial charge in [0.15, 0.2) is 23.1 Å². The lowest BCUT2D eigenvalue weighted by Crippen LogP contribution is -2.15. The van der Waals surface area contributed by atoms with E-state index >= 15 is 0 Å². The maximum Gasteiger partial charge on any atom is 0.358 e. The van der Waals surface area contributed by atoms with Crippen LogP contribution in [0, 0.1) is 13.8 Å². The van der Waals surface area contributed by atoms with Gasteiger partial charge >= 0.3 is 5.97 Å². The summed E-state index contributed by atoms with van der Waals surface area (Å²) in [6.07, 6.45) is 11.5. The first kappa shape index (κ1) is 22.1. The molecule has 1 aliphatic carbocycles. The van der Waals surface area contributed by atoms with Crippen LogP contribution in [0.15, 0.2) is 41.6 Å². The predicted molar refractivity (Wildman–Crippen MR) is 123 cm³/mol. The number of allylic oxidation sites excluding steroid dienone is 2. The summed E-state index contributed by atoms with van der Waals surface area (Å²) >= 11 is 1.26. The number of hydrogen-bond donors (Lipinski definition) is 0. The summed E-state index contributed by atoms with van der Waals surface area (Å²) in [5.74, 6) is -0.393. The van der Waals surface area contributed by atoms with Crippen LogP contribution in [0.3, 0.4) is 0 Å². The molecule has 1 aliphatic rings. The average molecular weight is 451 g/mol. The predicted octanol–water partition coefficient (Wildman–Crippen LogP) is 4.95. The van der Waals surface area contributed by atoms with Gasteiger partial charge < -0.3 is 9.30 Å². The highest BCUT2D eigenvalue weighted by Crippen LogP contribution is 2.23. The maximum atomic E-state index is 12.8. The molecule has 0 saturated carbocycles. The normalized spacial score (nSPS) is 13.6. The van der Waals surface area contributed by atoms with Crippen molar-refractivity contribution in [3.05, 3.63) is 64.2 Å². The Morgan fingerprint density at radius 3 is 2.75 bits per heavy atom. The molecule has 7 nitrogen and oxygen atoms in total. The Kier molecular flexibility index (Phi) is 6.90. The molecule has 3 heterocycles. The van der Waals surface area contributed by atoms with Crippen molar-refractivity contribution in [2.75, 3.05) is 6.61 Å². The van der Waals surface area contributed by atoms with Gasteiger partial charge in [0.1, 0.15) is 0 Å². The Labute approximate surface area is 191 Å². The van der Waals surface area contributed by atoms with Crippen molar-refractivity contribution < 1.29 is 14.3 Å². The number of thiazole rings is 1. The minimum atomic E-state index is -0.630. The summed E-state index contributed by atoms with van der Waals surface area (Å²) in [7, 11) is 0. The van der Waals surface area contributed by atoms with Gasteiger partial charge in [-0.2, -0.15) is 0 Å². The number of ether oxygens (including phenoxy) is 1. The zero-order chi connectivity index (χ0) is 22.5. The highest BCUT2D eigenvalue weighted by molar-refractivity contribution is 7.13. The van der Waals surface area contributed by atoms with E-state index in [1.54, 1.807) is 23.8 Å². The summed E-state index contributed by atoms with van der Waals surface area (Å²) in [5.41, 5.74) is 4.22. The first-order chi connectivity index (χ1) is 15.5. The Morgan fingerprint density at radius 2 is 2.00 bits per heavy atom. The van der Waals surface area contributed by atoms with Crippen LogP contribution in [0.4, 0.5) is 0 Å². The van der Waals surface area contributed by atoms with E-state index in [0.29, 0.717) is 16.4 Å². The minimum absolute atomic E-state index is 0.150. The number of aryl methyl sites for hydroxylation is 1. The topological polar surface area (TPSA) is 87.0 Å². The molecule has 3 aromatic heterocycles. The molecule has 166 valence electrons. The van der Waals surface area contributed by atoms with Crippen molar-refractivity contribution in [1.82, 2.24) is 19.5 Å². The highest BCUT2D eigenvalue weighted by atomic mass is 32.1. The standard InChI is InChI=1S/C24H26N4O3S/c1-16-13-19(17(2)28(16)12-9-18-7-4-3-5-8-18)21(29)14-31-24(30)20-15-32-23(27-20)22-25-10-6-11-26-22/h6-7,10-11,13,15H,3-5,8-9,12,14H2,1-2H3. The smallest absolute Gasteiger partial charge is 0.358 e. The van der Waals surface area contributed by atoms with Gasteiger partial charge in [-0.3, -0.25) is 4.79 Å². The largest absolute Gasteiger partial charge is 0.453 e. The van der Waals surface area contributed by atoms with Crippen LogP contribution in [0.2, 0.25) is 0 Å². The average Bonchev–Trinajstić information content (AvgIpc) is 3.42. The van der Waals surface area contributed by atoms with Gasteiger partial charge in [0.25, 0.3) is 0 Å². The fraction of sp³-hybridized carbons (Fsp3) is 0.375. The molecule has 0 unspecified atom stereocenters. The van der Waals surface area contributed by atoms with Crippen LogP contribution in [-0.2, 0) is 11.3 Å². The van der Waals surface area contributed by atoms with E-state index in [4.69, 9.17) is 4.74 Å². The number of aromatic nitrogens is 4. The van der Waals surface area contributed by atoms with Gasteiger partial charge in [-0.05, 0) is 58.1 Å². The Bertz CT molecular complexity index is 1150. The van der Waals surface area contributed by atoms with Crippen molar-refractivity contribution >= 4 is 23.1 Å². The number of ketones is 1. The van der Waals surface area contributed by atoms with Crippen molar-refractivity contribution in [2.45, 2.75) is 52.5 Å². The van der Waals surface area contributed by atoms with Gasteiger partial charge in [0.05, 0.1) is 0 Å². The molecule has 0 saturated heterocycles. The highest BCUT2D eigenvalue weighted by Gasteiger charge is 2.20. The molecule has 0 fully saturated rings. The van der Waals surface area contributed by atoms with Crippen molar-refractivity contribution in [1.29, 1.82) is 0 Å². The summed E-state index contributed by atoms with van der Waals surface area (Å²) in [5, 5.41) is 2.12. The monoisotopic (exact) mass is 450 g/mol. The number of carbonyl (C=O) groups excluding carboxylic acids is 2. The second-order valence-electron chi connectivity index (χ2n) is 7.90. The summed E-state index contributed by atoms with van der Waals surface area (Å²) in [6.45, 7) is 4.50. The Balaban J connectivity index is 1.36. The molecular formula is C24H26N4O3S. The molecule has 8 heteroatoms. The molecular weight excluding hydrogens is 424 g/mol. The second kappa shape index (κ2) is 9.99. The van der Waals surface area contributed by atoms with Crippen molar-refractivity contribution in [2.24, 2.45) is 0 Å². The number of rotatable bonds is 8. The van der Waals surface area contributed by atoms with E-state index in [9.17, 15) is 9.59 Å². The van der Waals surface area contributed by atoms with E-state index in [0.717, 1.165) is 24.4 Å². The molecule has 0 atom stereocenters. The Morgan fingerprint density at radius 1 is 1.19 bits per heavy atom. The molecule has 0 aromatic carbocycles. The SMILES string of the molecule is Cc1cc(C(=O)COC(=O)c2csc(-c3ncccn3)n2)c(C)n1CCC1=CCCCC1. The lowest BCUT2D eigenvalue weighted by molar-refractivity contribution is 0.0469. The van der Waals surface area contributed by atoms with E-state index in [1.165, 1.54) is 42.6 Å². The van der Waals surface area contributed by atoms with E-state index < -0.39 is 5.97 Å². The third-order valence-electron chi connectivity index (χ3n) is 5.72. The van der Waals surface area contributed by atoms with Gasteiger partial charge in [-0.15, -0.1) is 11.3 Å². The summed E-state index contributed by atoms with van der Waals surface area (Å²) in [4.78, 5) is 37.6. The summed E-state index contributed by atoms with van der Waals surface area (Å²) in [6, 6.07) is 3.59. The van der Waals surface area contributed by atoms with E-state index in [1.807, 2.05) is 19.9 Å². The van der Waals surface area contributed by atoms with Crippen LogP contribution in [0.25, 0.3) is 10.8 Å². The first-order valence-corrected chi connectivity index (χ1v) is 11.7. The molecule has 0 amide bonds.